The smallest absolute Gasteiger partial charge is 0.0635 e. The van der Waals surface area contributed by atoms with Crippen molar-refractivity contribution in [3.63, 3.8) is 0 Å². The SMILES string of the molecule is CC1(C)C[C@H]2C[C@@](C)(CN2CCC#N)C1. The van der Waals surface area contributed by atoms with Gasteiger partial charge in [-0.15, -0.1) is 0 Å². The molecule has 0 aromatic heterocycles. The lowest BCUT2D eigenvalue weighted by atomic mass is 9.65. The summed E-state index contributed by atoms with van der Waals surface area (Å²) in [4.78, 5) is 2.55. The van der Waals surface area contributed by atoms with Crippen molar-refractivity contribution in [2.75, 3.05) is 13.1 Å². The van der Waals surface area contributed by atoms with Crippen LogP contribution in [0.15, 0.2) is 0 Å². The summed E-state index contributed by atoms with van der Waals surface area (Å²) in [6.45, 7) is 9.40. The van der Waals surface area contributed by atoms with Gasteiger partial charge < -0.3 is 0 Å². The predicted octanol–water partition coefficient (Wildman–Crippen LogP) is 2.80. The highest BCUT2D eigenvalue weighted by Crippen LogP contribution is 2.52. The molecule has 1 aliphatic carbocycles. The molecule has 0 spiro atoms. The quantitative estimate of drug-likeness (QED) is 0.694. The molecule has 2 bridgehead atoms. The van der Waals surface area contributed by atoms with Crippen LogP contribution in [0.25, 0.3) is 0 Å². The first-order valence-electron chi connectivity index (χ1n) is 6.05. The number of fused-ring (bicyclic) bond motifs is 2. The van der Waals surface area contributed by atoms with E-state index < -0.39 is 0 Å². The van der Waals surface area contributed by atoms with Gasteiger partial charge in [0.25, 0.3) is 0 Å². The predicted molar refractivity (Wildman–Crippen MR) is 61.3 cm³/mol. The molecule has 2 fully saturated rings. The third-order valence-electron chi connectivity index (χ3n) is 4.03. The van der Waals surface area contributed by atoms with Crippen LogP contribution in [-0.4, -0.2) is 24.0 Å². The van der Waals surface area contributed by atoms with E-state index in [4.69, 9.17) is 5.26 Å². The molecule has 2 atom stereocenters. The third kappa shape index (κ3) is 2.18. The number of likely N-dealkylation sites (tertiary alicyclic amines) is 1. The van der Waals surface area contributed by atoms with Crippen LogP contribution < -0.4 is 0 Å². The van der Waals surface area contributed by atoms with Gasteiger partial charge in [-0.05, 0) is 30.1 Å². The summed E-state index contributed by atoms with van der Waals surface area (Å²) in [7, 11) is 0. The van der Waals surface area contributed by atoms with E-state index in [0.29, 0.717) is 17.3 Å². The highest BCUT2D eigenvalue weighted by Gasteiger charge is 2.49. The van der Waals surface area contributed by atoms with Crippen molar-refractivity contribution in [1.82, 2.24) is 4.90 Å². The molecule has 1 saturated heterocycles. The molecule has 1 saturated carbocycles. The number of nitriles is 1. The molecule has 0 N–H and O–H groups in total. The van der Waals surface area contributed by atoms with Gasteiger partial charge in [0.1, 0.15) is 0 Å². The van der Waals surface area contributed by atoms with Gasteiger partial charge in [0.15, 0.2) is 0 Å². The summed E-state index contributed by atoms with van der Waals surface area (Å²) in [5.74, 6) is 0. The van der Waals surface area contributed by atoms with Gasteiger partial charge in [-0.3, -0.25) is 4.90 Å². The van der Waals surface area contributed by atoms with E-state index in [9.17, 15) is 0 Å². The number of hydrogen-bond acceptors (Lipinski definition) is 2. The van der Waals surface area contributed by atoms with Crippen molar-refractivity contribution in [2.45, 2.75) is 52.5 Å². The van der Waals surface area contributed by atoms with E-state index in [0.717, 1.165) is 12.6 Å². The van der Waals surface area contributed by atoms with E-state index in [1.165, 1.54) is 25.8 Å². The van der Waals surface area contributed by atoms with Crippen LogP contribution in [0.5, 0.6) is 0 Å². The van der Waals surface area contributed by atoms with Gasteiger partial charge in [-0.2, -0.15) is 5.26 Å². The zero-order valence-corrected chi connectivity index (χ0v) is 10.2. The Kier molecular flexibility index (Phi) is 2.55. The van der Waals surface area contributed by atoms with E-state index in [1.807, 2.05) is 0 Å². The molecular weight excluding hydrogens is 184 g/mol. The van der Waals surface area contributed by atoms with Crippen LogP contribution in [0.2, 0.25) is 0 Å². The molecule has 0 unspecified atom stereocenters. The van der Waals surface area contributed by atoms with Gasteiger partial charge in [0, 0.05) is 25.6 Å². The molecule has 1 heterocycles. The second-order valence-corrected chi connectivity index (χ2v) is 6.59. The number of nitrogens with zero attached hydrogens (tertiary/aromatic N) is 2. The van der Waals surface area contributed by atoms with Crippen LogP contribution in [0, 0.1) is 22.2 Å². The molecule has 0 amide bonds. The van der Waals surface area contributed by atoms with Gasteiger partial charge in [-0.25, -0.2) is 0 Å². The lowest BCUT2D eigenvalue weighted by Crippen LogP contribution is -2.35. The molecule has 0 aromatic carbocycles. The molecule has 15 heavy (non-hydrogen) atoms. The molecule has 84 valence electrons. The zero-order chi connectivity index (χ0) is 11.1. The maximum absolute atomic E-state index is 8.66. The minimum absolute atomic E-state index is 0.499. The summed E-state index contributed by atoms with van der Waals surface area (Å²) in [6, 6.07) is 3.01. The van der Waals surface area contributed by atoms with E-state index in [-0.39, 0.29) is 0 Å². The Labute approximate surface area is 93.3 Å². The monoisotopic (exact) mass is 206 g/mol. The number of hydrogen-bond donors (Lipinski definition) is 0. The van der Waals surface area contributed by atoms with E-state index in [2.05, 4.69) is 31.7 Å². The molecule has 0 aromatic rings. The normalized spacial score (nSPS) is 38.9. The van der Waals surface area contributed by atoms with Crippen molar-refractivity contribution in [2.24, 2.45) is 10.8 Å². The van der Waals surface area contributed by atoms with Gasteiger partial charge >= 0.3 is 0 Å². The lowest BCUT2D eigenvalue weighted by Gasteiger charge is -2.39. The molecule has 2 nitrogen and oxygen atoms in total. The summed E-state index contributed by atoms with van der Waals surface area (Å²) in [5, 5.41) is 8.66. The van der Waals surface area contributed by atoms with Crippen molar-refractivity contribution in [1.29, 1.82) is 5.26 Å². The Morgan fingerprint density at radius 2 is 2.07 bits per heavy atom. The highest BCUT2D eigenvalue weighted by atomic mass is 15.2. The summed E-state index contributed by atoms with van der Waals surface area (Å²) < 4.78 is 0. The first-order valence-corrected chi connectivity index (χ1v) is 6.05. The third-order valence-corrected chi connectivity index (χ3v) is 4.03. The van der Waals surface area contributed by atoms with Crippen molar-refractivity contribution in [3.8, 4) is 6.07 Å². The molecule has 1 aliphatic heterocycles. The zero-order valence-electron chi connectivity index (χ0n) is 10.2. The molecule has 0 radical (unpaired) electrons. The Hall–Kier alpha value is -0.550. The minimum Gasteiger partial charge on any atom is -0.299 e. The first-order chi connectivity index (χ1) is 6.94. The van der Waals surface area contributed by atoms with Crippen molar-refractivity contribution in [3.05, 3.63) is 0 Å². The molecule has 2 heteroatoms. The van der Waals surface area contributed by atoms with Crippen LogP contribution in [0.4, 0.5) is 0 Å². The maximum atomic E-state index is 8.66. The Balaban J connectivity index is 2.07. The average Bonchev–Trinajstić information content (AvgIpc) is 2.31. The van der Waals surface area contributed by atoms with Crippen LogP contribution >= 0.6 is 0 Å². The Morgan fingerprint density at radius 1 is 1.33 bits per heavy atom. The summed E-state index contributed by atoms with van der Waals surface area (Å²) >= 11 is 0. The largest absolute Gasteiger partial charge is 0.299 e. The fourth-order valence-corrected chi connectivity index (χ4v) is 4.03. The Morgan fingerprint density at radius 3 is 2.73 bits per heavy atom. The minimum atomic E-state index is 0.499. The van der Waals surface area contributed by atoms with Crippen molar-refractivity contribution >= 4 is 0 Å². The topological polar surface area (TPSA) is 27.0 Å². The Bertz CT molecular complexity index is 289. The van der Waals surface area contributed by atoms with Crippen LogP contribution in [0.3, 0.4) is 0 Å². The fraction of sp³-hybridized carbons (Fsp3) is 0.923. The second kappa shape index (κ2) is 3.49. The summed E-state index contributed by atoms with van der Waals surface area (Å²) in [6.07, 6.45) is 4.70. The van der Waals surface area contributed by atoms with E-state index >= 15 is 0 Å². The molecular formula is C13H22N2. The second-order valence-electron chi connectivity index (χ2n) is 6.59. The first kappa shape index (κ1) is 11.0. The van der Waals surface area contributed by atoms with Gasteiger partial charge in [0.05, 0.1) is 6.07 Å². The van der Waals surface area contributed by atoms with Crippen molar-refractivity contribution < 1.29 is 0 Å². The van der Waals surface area contributed by atoms with Crippen LogP contribution in [0.1, 0.15) is 46.5 Å². The number of rotatable bonds is 2. The molecule has 2 aliphatic rings. The average molecular weight is 206 g/mol. The maximum Gasteiger partial charge on any atom is 0.0635 e. The van der Waals surface area contributed by atoms with Crippen LogP contribution in [-0.2, 0) is 0 Å². The van der Waals surface area contributed by atoms with Gasteiger partial charge in [0.2, 0.25) is 0 Å². The fourth-order valence-electron chi connectivity index (χ4n) is 4.03. The lowest BCUT2D eigenvalue weighted by molar-refractivity contribution is 0.127. The highest BCUT2D eigenvalue weighted by molar-refractivity contribution is 5.02. The standard InChI is InChI=1S/C13H22N2/c1-12(2)7-11-8-13(3,9-12)10-15(11)6-4-5-14/h11H,4,6-10H2,1-3H3/t11-,13+/m0/s1. The molecule has 2 rings (SSSR count). The van der Waals surface area contributed by atoms with Gasteiger partial charge in [-0.1, -0.05) is 20.8 Å². The summed E-state index contributed by atoms with van der Waals surface area (Å²) in [5.41, 5.74) is 1.01. The van der Waals surface area contributed by atoms with E-state index in [1.54, 1.807) is 0 Å².